The summed E-state index contributed by atoms with van der Waals surface area (Å²) in [7, 11) is 0. The number of nitrogens with zero attached hydrogens (tertiary/aromatic N) is 4. The molecular formula is C29H28N4O4. The smallest absolute Gasteiger partial charge is 0.334 e. The fourth-order valence-electron chi connectivity index (χ4n) is 5.02. The highest BCUT2D eigenvalue weighted by molar-refractivity contribution is 6.37. The molecule has 188 valence electrons. The molecule has 3 aliphatic rings. The summed E-state index contributed by atoms with van der Waals surface area (Å²) in [5.74, 6) is -0.782. The van der Waals surface area contributed by atoms with Crippen molar-refractivity contribution in [2.75, 3.05) is 5.01 Å². The van der Waals surface area contributed by atoms with Crippen molar-refractivity contribution in [3.05, 3.63) is 96.7 Å². The van der Waals surface area contributed by atoms with E-state index in [1.54, 1.807) is 0 Å². The normalized spacial score (nSPS) is 18.6. The van der Waals surface area contributed by atoms with E-state index in [-0.39, 0.29) is 29.1 Å². The topological polar surface area (TPSA) is 96.9 Å². The highest BCUT2D eigenvalue weighted by Crippen LogP contribution is 2.39. The quantitative estimate of drug-likeness (QED) is 0.537. The number of aromatic nitrogens is 2. The number of hydrogen-bond acceptors (Lipinski definition) is 5. The van der Waals surface area contributed by atoms with Crippen LogP contribution in [0.1, 0.15) is 65.6 Å². The van der Waals surface area contributed by atoms with Gasteiger partial charge in [-0.1, -0.05) is 42.0 Å². The predicted octanol–water partition coefficient (Wildman–Crippen LogP) is 4.15. The molecule has 2 aromatic carbocycles. The van der Waals surface area contributed by atoms with Gasteiger partial charge in [0.1, 0.15) is 11.3 Å². The average molecular weight is 497 g/mol. The van der Waals surface area contributed by atoms with Crippen molar-refractivity contribution >= 4 is 23.4 Å². The largest absolute Gasteiger partial charge is 0.494 e. The van der Waals surface area contributed by atoms with Crippen LogP contribution < -0.4 is 16.3 Å². The molecule has 2 fully saturated rings. The Labute approximate surface area is 213 Å². The molecule has 2 aliphatic carbocycles. The lowest BCUT2D eigenvalue weighted by Gasteiger charge is -2.15. The lowest BCUT2D eigenvalue weighted by atomic mass is 9.97. The molecule has 37 heavy (non-hydrogen) atoms. The molecule has 1 aliphatic heterocycles. The van der Waals surface area contributed by atoms with Gasteiger partial charge in [0.15, 0.2) is 0 Å². The van der Waals surface area contributed by atoms with Crippen LogP contribution >= 0.6 is 0 Å². The molecule has 3 aromatic rings. The van der Waals surface area contributed by atoms with Crippen molar-refractivity contribution in [2.24, 2.45) is 5.10 Å². The van der Waals surface area contributed by atoms with Crippen LogP contribution in [-0.2, 0) is 4.79 Å². The van der Waals surface area contributed by atoms with E-state index in [2.05, 4.69) is 0 Å². The third-order valence-electron chi connectivity index (χ3n) is 7.30. The zero-order valence-electron chi connectivity index (χ0n) is 21.1. The van der Waals surface area contributed by atoms with E-state index in [0.29, 0.717) is 11.4 Å². The number of rotatable bonds is 5. The number of benzene rings is 2. The van der Waals surface area contributed by atoms with E-state index in [1.807, 2.05) is 63.2 Å². The molecule has 2 saturated carbocycles. The Kier molecular flexibility index (Phi) is 5.29. The van der Waals surface area contributed by atoms with Crippen LogP contribution in [0.2, 0.25) is 0 Å². The molecule has 0 unspecified atom stereocenters. The summed E-state index contributed by atoms with van der Waals surface area (Å²) in [5.41, 5.74) is 3.81. The number of hydrogen-bond donors (Lipinski definition) is 1. The van der Waals surface area contributed by atoms with E-state index < -0.39 is 17.2 Å². The molecule has 2 heterocycles. The molecule has 8 heteroatoms. The summed E-state index contributed by atoms with van der Waals surface area (Å²) >= 11 is 0. The van der Waals surface area contributed by atoms with Gasteiger partial charge in [-0.2, -0.15) is 10.1 Å². The predicted molar refractivity (Wildman–Crippen MR) is 142 cm³/mol. The van der Waals surface area contributed by atoms with Crippen molar-refractivity contribution in [1.82, 2.24) is 9.13 Å². The minimum absolute atomic E-state index is 0.0505. The van der Waals surface area contributed by atoms with Crippen molar-refractivity contribution in [1.29, 1.82) is 0 Å². The first-order chi connectivity index (χ1) is 17.8. The van der Waals surface area contributed by atoms with Gasteiger partial charge in [-0.05, 0) is 69.7 Å². The van der Waals surface area contributed by atoms with Gasteiger partial charge in [0.25, 0.3) is 11.5 Å². The van der Waals surface area contributed by atoms with Crippen LogP contribution in [0.5, 0.6) is 5.88 Å². The number of carbonyl (C=O) groups is 1. The van der Waals surface area contributed by atoms with Gasteiger partial charge < -0.3 is 5.11 Å². The fraction of sp³-hybridized carbons (Fsp3) is 0.310. The number of aromatic hydroxyl groups is 1. The van der Waals surface area contributed by atoms with E-state index in [0.717, 1.165) is 47.9 Å². The maximum absolute atomic E-state index is 13.9. The number of carbonyl (C=O) groups excluding carboxylic acids is 1. The molecule has 0 saturated heterocycles. The molecule has 1 N–H and O–H groups in total. The first-order valence-corrected chi connectivity index (χ1v) is 12.6. The Morgan fingerprint density at radius 1 is 0.892 bits per heavy atom. The Morgan fingerprint density at radius 2 is 1.57 bits per heavy atom. The Hall–Kier alpha value is -4.20. The third-order valence-corrected chi connectivity index (χ3v) is 7.30. The molecule has 8 nitrogen and oxygen atoms in total. The van der Waals surface area contributed by atoms with Gasteiger partial charge in [-0.25, -0.2) is 4.79 Å². The number of amides is 1. The summed E-state index contributed by atoms with van der Waals surface area (Å²) in [5, 5.41) is 17.2. The SMILES string of the molecule is Cc1ccc(N2N=C(c3ccccc3C)/C(=C/c3c(O)n(C4CC4)c(=O)n(C4CC4)c3=O)C2=O)c(C)c1. The second-order valence-electron chi connectivity index (χ2n) is 10.3. The van der Waals surface area contributed by atoms with Gasteiger partial charge in [-0.15, -0.1) is 0 Å². The van der Waals surface area contributed by atoms with Crippen molar-refractivity contribution in [3.63, 3.8) is 0 Å². The zero-order chi connectivity index (χ0) is 26.0. The minimum Gasteiger partial charge on any atom is -0.494 e. The van der Waals surface area contributed by atoms with Crippen LogP contribution in [0.15, 0.2) is 62.7 Å². The van der Waals surface area contributed by atoms with Crippen LogP contribution in [0.4, 0.5) is 5.69 Å². The molecular weight excluding hydrogens is 468 g/mol. The summed E-state index contributed by atoms with van der Waals surface area (Å²) in [6.07, 6.45) is 4.45. The van der Waals surface area contributed by atoms with Crippen molar-refractivity contribution in [3.8, 4) is 5.88 Å². The van der Waals surface area contributed by atoms with Crippen LogP contribution in [0.3, 0.4) is 0 Å². The first-order valence-electron chi connectivity index (χ1n) is 12.6. The lowest BCUT2D eigenvalue weighted by molar-refractivity contribution is -0.114. The zero-order valence-corrected chi connectivity index (χ0v) is 21.1. The second-order valence-corrected chi connectivity index (χ2v) is 10.3. The lowest BCUT2D eigenvalue weighted by Crippen LogP contribution is -2.40. The standard InChI is InChI=1S/C29H28N4O4/c1-16-8-13-24(18(3)14-16)33-28(36)22(25(30-33)21-7-5-4-6-17(21)2)15-23-26(34)31(19-9-10-19)29(37)32(27(23)35)20-11-12-20/h4-8,13-15,19-20,34H,9-12H2,1-3H3/b22-15-. The minimum atomic E-state index is -0.573. The van der Waals surface area contributed by atoms with Crippen LogP contribution in [-0.4, -0.2) is 25.9 Å². The second kappa shape index (κ2) is 8.44. The highest BCUT2D eigenvalue weighted by Gasteiger charge is 2.37. The van der Waals surface area contributed by atoms with Gasteiger partial charge >= 0.3 is 5.69 Å². The maximum Gasteiger partial charge on any atom is 0.334 e. The van der Waals surface area contributed by atoms with E-state index in [9.17, 15) is 19.5 Å². The summed E-state index contributed by atoms with van der Waals surface area (Å²) in [6, 6.07) is 13.1. The summed E-state index contributed by atoms with van der Waals surface area (Å²) < 4.78 is 2.56. The molecule has 0 atom stereocenters. The molecule has 0 bridgehead atoms. The van der Waals surface area contributed by atoms with Gasteiger partial charge in [0.05, 0.1) is 11.3 Å². The first kappa shape index (κ1) is 23.2. The fourth-order valence-corrected chi connectivity index (χ4v) is 5.02. The van der Waals surface area contributed by atoms with Crippen LogP contribution in [0, 0.1) is 20.8 Å². The molecule has 0 spiro atoms. The number of aryl methyl sites for hydroxylation is 3. The van der Waals surface area contributed by atoms with E-state index in [4.69, 9.17) is 5.10 Å². The Balaban J connectivity index is 1.58. The third kappa shape index (κ3) is 3.84. The monoisotopic (exact) mass is 496 g/mol. The van der Waals surface area contributed by atoms with Gasteiger partial charge in [-0.3, -0.25) is 18.7 Å². The average Bonchev–Trinajstić information content (AvgIpc) is 3.78. The van der Waals surface area contributed by atoms with E-state index in [1.165, 1.54) is 20.2 Å². The van der Waals surface area contributed by atoms with Crippen molar-refractivity contribution < 1.29 is 9.90 Å². The molecule has 1 amide bonds. The van der Waals surface area contributed by atoms with Crippen LogP contribution in [0.25, 0.3) is 6.08 Å². The summed E-state index contributed by atoms with van der Waals surface area (Å²) in [4.78, 5) is 40.5. The molecule has 6 rings (SSSR count). The molecule has 0 radical (unpaired) electrons. The Bertz CT molecular complexity index is 1650. The number of hydrazone groups is 1. The highest BCUT2D eigenvalue weighted by atomic mass is 16.3. The van der Waals surface area contributed by atoms with Crippen molar-refractivity contribution in [2.45, 2.75) is 58.5 Å². The Morgan fingerprint density at radius 3 is 2.22 bits per heavy atom. The van der Waals surface area contributed by atoms with Gasteiger partial charge in [0.2, 0.25) is 5.88 Å². The summed E-state index contributed by atoms with van der Waals surface area (Å²) in [6.45, 7) is 5.84. The molecule has 1 aromatic heterocycles. The maximum atomic E-state index is 13.9. The number of anilines is 1. The van der Waals surface area contributed by atoms with Gasteiger partial charge in [0, 0.05) is 17.6 Å². The van der Waals surface area contributed by atoms with E-state index >= 15 is 0 Å².